The molecule has 0 aromatic heterocycles. The fourth-order valence-corrected chi connectivity index (χ4v) is 4.31. The highest BCUT2D eigenvalue weighted by molar-refractivity contribution is 5.57. The summed E-state index contributed by atoms with van der Waals surface area (Å²) in [6.07, 6.45) is 9.13. The van der Waals surface area contributed by atoms with Crippen molar-refractivity contribution in [3.05, 3.63) is 35.9 Å². The van der Waals surface area contributed by atoms with Gasteiger partial charge in [-0.1, -0.05) is 30.4 Å². The van der Waals surface area contributed by atoms with Crippen molar-refractivity contribution in [2.24, 2.45) is 0 Å². The number of rotatable bonds is 6. The van der Waals surface area contributed by atoms with Gasteiger partial charge in [0.25, 0.3) is 0 Å². The molecule has 0 bridgehead atoms. The Hall–Kier alpha value is -1.36. The lowest BCUT2D eigenvalue weighted by molar-refractivity contribution is -0.0924. The molecule has 1 aliphatic carbocycles. The van der Waals surface area contributed by atoms with E-state index in [1.165, 1.54) is 0 Å². The molecule has 0 radical (unpaired) electrons. The van der Waals surface area contributed by atoms with Gasteiger partial charge in [0, 0.05) is 38.9 Å². The molecular formula is C20H29NO3. The van der Waals surface area contributed by atoms with Gasteiger partial charge >= 0.3 is 0 Å². The molecule has 1 aliphatic heterocycles. The highest BCUT2D eigenvalue weighted by atomic mass is 16.5. The zero-order valence-corrected chi connectivity index (χ0v) is 15.0. The second-order valence-corrected chi connectivity index (χ2v) is 6.81. The van der Waals surface area contributed by atoms with Crippen molar-refractivity contribution in [3.63, 3.8) is 0 Å². The largest absolute Gasteiger partial charge is 0.496 e. The van der Waals surface area contributed by atoms with E-state index in [4.69, 9.17) is 14.2 Å². The Bertz CT molecular complexity index is 574. The molecule has 0 unspecified atom stereocenters. The molecule has 4 heteroatoms. The van der Waals surface area contributed by atoms with Gasteiger partial charge in [-0.3, -0.25) is 4.90 Å². The quantitative estimate of drug-likeness (QED) is 0.800. The Kier molecular flexibility index (Phi) is 5.59. The molecule has 1 heterocycles. The van der Waals surface area contributed by atoms with Crippen LogP contribution in [0.15, 0.2) is 30.3 Å². The molecule has 0 N–H and O–H groups in total. The maximum Gasteiger partial charge on any atom is 0.126 e. The molecule has 1 aromatic rings. The lowest BCUT2D eigenvalue weighted by Crippen LogP contribution is -2.51. The van der Waals surface area contributed by atoms with Crippen molar-refractivity contribution < 1.29 is 14.2 Å². The predicted molar refractivity (Wildman–Crippen MR) is 96.4 cm³/mol. The van der Waals surface area contributed by atoms with Gasteiger partial charge in [0.05, 0.1) is 18.8 Å². The summed E-state index contributed by atoms with van der Waals surface area (Å²) in [7, 11) is 5.41. The molecule has 24 heavy (non-hydrogen) atoms. The van der Waals surface area contributed by atoms with Crippen molar-refractivity contribution in [2.75, 3.05) is 34.4 Å². The first-order chi connectivity index (χ1) is 11.7. The molecule has 4 nitrogen and oxygen atoms in total. The number of hydrogen-bond acceptors (Lipinski definition) is 4. The maximum atomic E-state index is 5.99. The Balaban J connectivity index is 1.67. The number of methoxy groups -OCH3 is 3. The number of ether oxygens (including phenoxy) is 3. The van der Waals surface area contributed by atoms with Gasteiger partial charge in [0.15, 0.2) is 0 Å². The first-order valence-corrected chi connectivity index (χ1v) is 8.84. The van der Waals surface area contributed by atoms with Gasteiger partial charge in [-0.05, 0) is 31.7 Å². The van der Waals surface area contributed by atoms with E-state index in [0.29, 0.717) is 12.1 Å². The van der Waals surface area contributed by atoms with E-state index in [9.17, 15) is 0 Å². The summed E-state index contributed by atoms with van der Waals surface area (Å²) in [4.78, 5) is 2.54. The average Bonchev–Trinajstić information content (AvgIpc) is 3.00. The summed E-state index contributed by atoms with van der Waals surface area (Å²) >= 11 is 0. The van der Waals surface area contributed by atoms with Crippen molar-refractivity contribution in [1.82, 2.24) is 4.90 Å². The molecule has 3 atom stereocenters. The molecule has 2 fully saturated rings. The first-order valence-electron chi connectivity index (χ1n) is 8.84. The monoisotopic (exact) mass is 331 g/mol. The summed E-state index contributed by atoms with van der Waals surface area (Å²) in [5, 5.41) is 0. The van der Waals surface area contributed by atoms with Crippen molar-refractivity contribution in [3.8, 4) is 5.75 Å². The van der Waals surface area contributed by atoms with E-state index in [1.807, 2.05) is 32.4 Å². The molecular weight excluding hydrogens is 302 g/mol. The summed E-state index contributed by atoms with van der Waals surface area (Å²) in [5.74, 6) is 0.915. The highest BCUT2D eigenvalue weighted by Gasteiger charge is 2.50. The lowest BCUT2D eigenvalue weighted by Gasteiger charge is -2.43. The fourth-order valence-electron chi connectivity index (χ4n) is 4.31. The van der Waals surface area contributed by atoms with Crippen LogP contribution in [0.2, 0.25) is 0 Å². The second kappa shape index (κ2) is 7.68. The van der Waals surface area contributed by atoms with Crippen LogP contribution in [0.4, 0.5) is 0 Å². The van der Waals surface area contributed by atoms with Crippen LogP contribution in [0.3, 0.4) is 0 Å². The smallest absolute Gasteiger partial charge is 0.126 e. The maximum absolute atomic E-state index is 5.99. The molecule has 3 rings (SSSR count). The summed E-state index contributed by atoms with van der Waals surface area (Å²) in [6.45, 7) is 2.02. The Labute approximate surface area is 145 Å². The SMILES string of the molecule is COc1ccccc1C=CCN1CC[C@]2(OC)CC[C@@H](OC)C[C@H]12. The van der Waals surface area contributed by atoms with Crippen molar-refractivity contribution >= 4 is 6.08 Å². The number of benzene rings is 1. The zero-order valence-electron chi connectivity index (χ0n) is 15.0. The van der Waals surface area contributed by atoms with Crippen LogP contribution in [-0.2, 0) is 9.47 Å². The van der Waals surface area contributed by atoms with E-state index in [1.54, 1.807) is 7.11 Å². The van der Waals surface area contributed by atoms with E-state index in [0.717, 1.165) is 50.1 Å². The van der Waals surface area contributed by atoms with Crippen LogP contribution < -0.4 is 4.74 Å². The van der Waals surface area contributed by atoms with Gasteiger partial charge in [-0.15, -0.1) is 0 Å². The number of nitrogens with zero attached hydrogens (tertiary/aromatic N) is 1. The van der Waals surface area contributed by atoms with Gasteiger partial charge in [-0.25, -0.2) is 0 Å². The third-order valence-corrected chi connectivity index (χ3v) is 5.76. The van der Waals surface area contributed by atoms with Crippen molar-refractivity contribution in [2.45, 2.75) is 43.4 Å². The third-order valence-electron chi connectivity index (χ3n) is 5.76. The van der Waals surface area contributed by atoms with Gasteiger partial charge in [0.1, 0.15) is 5.75 Å². The Morgan fingerprint density at radius 3 is 2.79 bits per heavy atom. The topological polar surface area (TPSA) is 30.9 Å². The predicted octanol–water partition coefficient (Wildman–Crippen LogP) is 3.37. The molecule has 0 spiro atoms. The summed E-state index contributed by atoms with van der Waals surface area (Å²) in [6, 6.07) is 8.56. The number of fused-ring (bicyclic) bond motifs is 1. The van der Waals surface area contributed by atoms with Crippen LogP contribution in [-0.4, -0.2) is 57.1 Å². The van der Waals surface area contributed by atoms with Crippen LogP contribution >= 0.6 is 0 Å². The van der Waals surface area contributed by atoms with Crippen LogP contribution in [0.1, 0.15) is 31.2 Å². The Morgan fingerprint density at radius 2 is 2.04 bits per heavy atom. The highest BCUT2D eigenvalue weighted by Crippen LogP contribution is 2.42. The number of para-hydroxylation sites is 1. The second-order valence-electron chi connectivity index (χ2n) is 6.81. The average molecular weight is 331 g/mol. The number of hydrogen-bond donors (Lipinski definition) is 0. The Morgan fingerprint density at radius 1 is 1.21 bits per heavy atom. The first kappa shape index (κ1) is 17.5. The van der Waals surface area contributed by atoms with E-state index in [2.05, 4.69) is 23.1 Å². The van der Waals surface area contributed by atoms with Crippen LogP contribution in [0.25, 0.3) is 6.08 Å². The molecule has 0 amide bonds. The molecule has 1 saturated heterocycles. The minimum absolute atomic E-state index is 0.0211. The van der Waals surface area contributed by atoms with Crippen molar-refractivity contribution in [1.29, 1.82) is 0 Å². The zero-order chi connectivity index (χ0) is 17.0. The van der Waals surface area contributed by atoms with E-state index in [-0.39, 0.29) is 5.60 Å². The molecule has 1 saturated carbocycles. The lowest BCUT2D eigenvalue weighted by atomic mass is 9.79. The van der Waals surface area contributed by atoms with Crippen LogP contribution in [0.5, 0.6) is 5.75 Å². The van der Waals surface area contributed by atoms with E-state index < -0.39 is 0 Å². The third kappa shape index (κ3) is 3.37. The molecule has 1 aromatic carbocycles. The summed E-state index contributed by atoms with van der Waals surface area (Å²) < 4.78 is 17.0. The minimum atomic E-state index is 0.0211. The van der Waals surface area contributed by atoms with Gasteiger partial charge in [0.2, 0.25) is 0 Å². The minimum Gasteiger partial charge on any atom is -0.496 e. The molecule has 2 aliphatic rings. The van der Waals surface area contributed by atoms with Gasteiger partial charge < -0.3 is 14.2 Å². The normalized spacial score (nSPS) is 30.6. The number of likely N-dealkylation sites (tertiary alicyclic amines) is 1. The van der Waals surface area contributed by atoms with E-state index >= 15 is 0 Å². The van der Waals surface area contributed by atoms with Gasteiger partial charge in [-0.2, -0.15) is 0 Å². The molecule has 132 valence electrons. The summed E-state index contributed by atoms with van der Waals surface area (Å²) in [5.41, 5.74) is 1.14. The standard InChI is InChI=1S/C20H29NO3/c1-22-17-10-11-20(24-3)12-14-21(19(20)15-17)13-6-8-16-7-4-5-9-18(16)23-2/h4-9,17,19H,10-15H2,1-3H3/t17-,19+,20-/m1/s1. The fraction of sp³-hybridized carbons (Fsp3) is 0.600. The van der Waals surface area contributed by atoms with Crippen LogP contribution in [0, 0.1) is 0 Å².